The van der Waals surface area contributed by atoms with Gasteiger partial charge in [0.15, 0.2) is 5.58 Å². The van der Waals surface area contributed by atoms with Crippen LogP contribution in [0.15, 0.2) is 108 Å². The molecule has 0 radical (unpaired) electrons. The van der Waals surface area contributed by atoms with Crippen molar-refractivity contribution in [2.24, 2.45) is 0 Å². The van der Waals surface area contributed by atoms with Gasteiger partial charge in [-0.3, -0.25) is 4.79 Å². The summed E-state index contributed by atoms with van der Waals surface area (Å²) >= 11 is 0. The van der Waals surface area contributed by atoms with Gasteiger partial charge in [0.05, 0.1) is 22.2 Å². The summed E-state index contributed by atoms with van der Waals surface area (Å²) in [5.41, 5.74) is 5.19. The molecule has 1 aromatic heterocycles. The van der Waals surface area contributed by atoms with Gasteiger partial charge in [0.25, 0.3) is 5.91 Å². The molecule has 0 bridgehead atoms. The lowest BCUT2D eigenvalue weighted by molar-refractivity contribution is 0.0696. The third kappa shape index (κ3) is 5.05. The van der Waals surface area contributed by atoms with Crippen LogP contribution < -0.4 is 5.32 Å². The minimum Gasteiger partial charge on any atom is -0.478 e. The maximum absolute atomic E-state index is 13.6. The smallest absolute Gasteiger partial charge is 0.335 e. The number of rotatable bonds is 7. The highest BCUT2D eigenvalue weighted by atomic mass is 19.1. The molecule has 40 heavy (non-hydrogen) atoms. The molecule has 6 rings (SSSR count). The predicted molar refractivity (Wildman–Crippen MR) is 151 cm³/mol. The summed E-state index contributed by atoms with van der Waals surface area (Å²) < 4.78 is 19.4. The van der Waals surface area contributed by atoms with Crippen LogP contribution in [0.5, 0.6) is 0 Å². The molecule has 0 spiro atoms. The molecule has 5 aromatic carbocycles. The highest BCUT2D eigenvalue weighted by molar-refractivity contribution is 6.08. The molecule has 0 unspecified atom stereocenters. The number of carbonyl (C=O) groups is 2. The summed E-state index contributed by atoms with van der Waals surface area (Å²) in [6.07, 6.45) is 0.419. The van der Waals surface area contributed by atoms with E-state index in [0.29, 0.717) is 28.6 Å². The van der Waals surface area contributed by atoms with E-state index in [4.69, 9.17) is 9.63 Å². The van der Waals surface area contributed by atoms with Gasteiger partial charge in [-0.1, -0.05) is 71.9 Å². The Kier molecular flexibility index (Phi) is 6.54. The first kappa shape index (κ1) is 25.0. The lowest BCUT2D eigenvalue weighted by atomic mass is 9.96. The largest absolute Gasteiger partial charge is 0.478 e. The van der Waals surface area contributed by atoms with Crippen molar-refractivity contribution in [2.45, 2.75) is 13.0 Å². The Labute approximate surface area is 228 Å². The number of amides is 1. The van der Waals surface area contributed by atoms with E-state index in [0.717, 1.165) is 33.0 Å². The molecule has 7 heteroatoms. The van der Waals surface area contributed by atoms with Crippen LogP contribution in [0.1, 0.15) is 37.5 Å². The average molecular weight is 531 g/mol. The van der Waals surface area contributed by atoms with Crippen molar-refractivity contribution in [3.63, 3.8) is 0 Å². The molecule has 0 atom stereocenters. The van der Waals surface area contributed by atoms with E-state index in [9.17, 15) is 14.0 Å². The van der Waals surface area contributed by atoms with Gasteiger partial charge >= 0.3 is 5.97 Å². The first-order chi connectivity index (χ1) is 19.4. The molecule has 0 saturated carbocycles. The van der Waals surface area contributed by atoms with Crippen molar-refractivity contribution >= 4 is 33.6 Å². The lowest BCUT2D eigenvalue weighted by Crippen LogP contribution is -2.23. The van der Waals surface area contributed by atoms with Gasteiger partial charge in [0.2, 0.25) is 0 Å². The second-order valence-electron chi connectivity index (χ2n) is 9.58. The fourth-order valence-corrected chi connectivity index (χ4v) is 4.84. The molecule has 1 amide bonds. The molecule has 0 aliphatic rings. The Morgan fingerprint density at radius 1 is 0.800 bits per heavy atom. The highest BCUT2D eigenvalue weighted by Crippen LogP contribution is 2.32. The second kappa shape index (κ2) is 10.5. The van der Waals surface area contributed by atoms with Crippen molar-refractivity contribution in [1.29, 1.82) is 0 Å². The molecule has 6 nitrogen and oxygen atoms in total. The summed E-state index contributed by atoms with van der Waals surface area (Å²) in [5, 5.41) is 18.8. The Bertz CT molecular complexity index is 1880. The topological polar surface area (TPSA) is 92.4 Å². The predicted octanol–water partition coefficient (Wildman–Crippen LogP) is 7.01. The number of hydrogen-bond donors (Lipinski definition) is 2. The number of benzene rings is 5. The Hall–Kier alpha value is -5.30. The second-order valence-corrected chi connectivity index (χ2v) is 9.58. The van der Waals surface area contributed by atoms with Crippen LogP contribution in [0.2, 0.25) is 0 Å². The Balaban J connectivity index is 1.36. The number of nitrogens with one attached hydrogen (secondary N) is 1. The SMILES string of the molecule is O=C(O)c1ccc(CNC(=O)c2cc(-c3ccccc3)cc3onc(Cc4ccc5cc(F)ccc5c4)c23)cc1. The van der Waals surface area contributed by atoms with Gasteiger partial charge in [0.1, 0.15) is 5.82 Å². The van der Waals surface area contributed by atoms with Gasteiger partial charge in [-0.15, -0.1) is 0 Å². The zero-order chi connectivity index (χ0) is 27.6. The summed E-state index contributed by atoms with van der Waals surface area (Å²) in [4.78, 5) is 24.7. The third-order valence-electron chi connectivity index (χ3n) is 6.89. The van der Waals surface area contributed by atoms with Gasteiger partial charge < -0.3 is 14.9 Å². The molecule has 0 fully saturated rings. The number of carboxylic acid groups (broad SMARTS) is 1. The summed E-state index contributed by atoms with van der Waals surface area (Å²) in [7, 11) is 0. The summed E-state index contributed by atoms with van der Waals surface area (Å²) in [6.45, 7) is 0.220. The van der Waals surface area contributed by atoms with Crippen LogP contribution >= 0.6 is 0 Å². The fraction of sp³-hybridized carbons (Fsp3) is 0.0606. The lowest BCUT2D eigenvalue weighted by Gasteiger charge is -2.10. The quantitative estimate of drug-likeness (QED) is 0.232. The van der Waals surface area contributed by atoms with E-state index in [-0.39, 0.29) is 23.8 Å². The molecule has 0 saturated heterocycles. The molecular weight excluding hydrogens is 507 g/mol. The van der Waals surface area contributed by atoms with E-state index >= 15 is 0 Å². The van der Waals surface area contributed by atoms with Crippen LogP contribution in [-0.2, 0) is 13.0 Å². The number of aromatic nitrogens is 1. The maximum Gasteiger partial charge on any atom is 0.335 e. The number of carbonyl (C=O) groups excluding carboxylic acids is 1. The molecular formula is C33H23FN2O4. The number of nitrogens with zero attached hydrogens (tertiary/aromatic N) is 1. The van der Waals surface area contributed by atoms with Gasteiger partial charge in [-0.2, -0.15) is 0 Å². The number of aromatic carboxylic acids is 1. The fourth-order valence-electron chi connectivity index (χ4n) is 4.84. The average Bonchev–Trinajstić information content (AvgIpc) is 3.38. The summed E-state index contributed by atoms with van der Waals surface area (Å²) in [5.74, 6) is -1.59. The monoisotopic (exact) mass is 530 g/mol. The normalized spacial score (nSPS) is 11.1. The van der Waals surface area contributed by atoms with Crippen molar-refractivity contribution in [3.8, 4) is 11.1 Å². The van der Waals surface area contributed by atoms with E-state index in [1.54, 1.807) is 18.2 Å². The van der Waals surface area contributed by atoms with Crippen LogP contribution in [0.25, 0.3) is 32.9 Å². The number of hydrogen-bond acceptors (Lipinski definition) is 4. The molecule has 6 aromatic rings. The zero-order valence-electron chi connectivity index (χ0n) is 21.2. The van der Waals surface area contributed by atoms with E-state index < -0.39 is 5.97 Å². The number of carboxylic acids is 1. The number of halogens is 1. The van der Waals surface area contributed by atoms with E-state index in [1.165, 1.54) is 24.3 Å². The molecule has 196 valence electrons. The van der Waals surface area contributed by atoms with Crippen molar-refractivity contribution in [1.82, 2.24) is 10.5 Å². The van der Waals surface area contributed by atoms with Crippen molar-refractivity contribution in [2.75, 3.05) is 0 Å². The van der Waals surface area contributed by atoms with Crippen LogP contribution in [0, 0.1) is 5.82 Å². The van der Waals surface area contributed by atoms with Gasteiger partial charge in [-0.25, -0.2) is 9.18 Å². The van der Waals surface area contributed by atoms with E-state index in [1.807, 2.05) is 60.7 Å². The molecule has 0 aliphatic carbocycles. The van der Waals surface area contributed by atoms with Crippen molar-refractivity contribution < 1.29 is 23.6 Å². The summed E-state index contributed by atoms with van der Waals surface area (Å²) in [6, 6.07) is 30.2. The van der Waals surface area contributed by atoms with Gasteiger partial charge in [0, 0.05) is 13.0 Å². The number of fused-ring (bicyclic) bond motifs is 2. The minimum atomic E-state index is -1.01. The van der Waals surface area contributed by atoms with E-state index in [2.05, 4.69) is 10.5 Å². The van der Waals surface area contributed by atoms with Crippen LogP contribution in [-0.4, -0.2) is 22.1 Å². The Morgan fingerprint density at radius 2 is 1.52 bits per heavy atom. The minimum absolute atomic E-state index is 0.181. The first-order valence-corrected chi connectivity index (χ1v) is 12.7. The first-order valence-electron chi connectivity index (χ1n) is 12.7. The standard InChI is InChI=1S/C33H23FN2O4/c34-27-13-12-24-14-21(8-11-25(24)16-27)15-29-31-28(32(37)35-19-20-6-9-23(10-7-20)33(38)39)17-26(18-30(31)40-36-29)22-4-2-1-3-5-22/h1-14,16-18H,15,19H2,(H,35,37)(H,38,39). The molecule has 1 heterocycles. The molecule has 2 N–H and O–H groups in total. The molecule has 0 aliphatic heterocycles. The Morgan fingerprint density at radius 3 is 2.30 bits per heavy atom. The van der Waals surface area contributed by atoms with Gasteiger partial charge in [-0.05, 0) is 69.4 Å². The van der Waals surface area contributed by atoms with Crippen LogP contribution in [0.4, 0.5) is 4.39 Å². The van der Waals surface area contributed by atoms with Crippen LogP contribution in [0.3, 0.4) is 0 Å². The maximum atomic E-state index is 13.6. The zero-order valence-corrected chi connectivity index (χ0v) is 21.2. The third-order valence-corrected chi connectivity index (χ3v) is 6.89. The highest BCUT2D eigenvalue weighted by Gasteiger charge is 2.20. The van der Waals surface area contributed by atoms with Crippen molar-refractivity contribution in [3.05, 3.63) is 137 Å².